The first kappa shape index (κ1) is 13.8. The summed E-state index contributed by atoms with van der Waals surface area (Å²) in [4.78, 5) is 0. The Balaban J connectivity index is 2.13. The Kier molecular flexibility index (Phi) is 2.89. The molecule has 0 unspecified atom stereocenters. The molecule has 3 aromatic carbocycles. The zero-order valence-electron chi connectivity index (χ0n) is 13.5. The molecule has 0 N–H and O–H groups in total. The van der Waals surface area contributed by atoms with Crippen LogP contribution in [0, 0.1) is 11.3 Å². The van der Waals surface area contributed by atoms with E-state index in [0.717, 1.165) is 38.6 Å². The lowest BCUT2D eigenvalue weighted by Crippen LogP contribution is -1.92. The number of fused-ring (bicyclic) bond motifs is 5. The van der Waals surface area contributed by atoms with Crippen LogP contribution in [-0.4, -0.2) is 4.40 Å². The molecule has 0 bridgehead atoms. The molecule has 0 radical (unpaired) electrons. The maximum Gasteiger partial charge on any atom is 0.102 e. The Morgan fingerprint density at radius 3 is 2.20 bits per heavy atom. The molecule has 0 amide bonds. The largest absolute Gasteiger partial charge is 0.307 e. The summed E-state index contributed by atoms with van der Waals surface area (Å²) in [5.74, 6) is 0. The maximum atomic E-state index is 9.90. The Morgan fingerprint density at radius 1 is 0.720 bits per heavy atom. The van der Waals surface area contributed by atoms with Gasteiger partial charge in [0.05, 0.1) is 22.1 Å². The topological polar surface area (TPSA) is 28.2 Å². The van der Waals surface area contributed by atoms with Crippen LogP contribution in [0.15, 0.2) is 84.9 Å². The molecule has 2 heterocycles. The number of pyridine rings is 1. The van der Waals surface area contributed by atoms with E-state index in [0.29, 0.717) is 0 Å². The average molecular weight is 318 g/mol. The van der Waals surface area contributed by atoms with Gasteiger partial charge in [0.25, 0.3) is 0 Å². The molecule has 0 aliphatic carbocycles. The Morgan fingerprint density at radius 2 is 1.40 bits per heavy atom. The lowest BCUT2D eigenvalue weighted by molar-refractivity contribution is 1.33. The highest BCUT2D eigenvalue weighted by Gasteiger charge is 2.17. The second-order valence-electron chi connectivity index (χ2n) is 6.17. The highest BCUT2D eigenvalue weighted by atomic mass is 14.9. The predicted octanol–water partition coefficient (Wildman–Crippen LogP) is 5.78. The summed E-state index contributed by atoms with van der Waals surface area (Å²) in [5.41, 5.74) is 6.12. The normalized spacial score (nSPS) is 11.2. The first-order valence-electron chi connectivity index (χ1n) is 8.29. The zero-order chi connectivity index (χ0) is 16.8. The van der Waals surface area contributed by atoms with Crippen molar-refractivity contribution in [2.45, 2.75) is 0 Å². The van der Waals surface area contributed by atoms with Crippen LogP contribution in [0.2, 0.25) is 0 Å². The van der Waals surface area contributed by atoms with Gasteiger partial charge in [0.1, 0.15) is 6.07 Å². The summed E-state index contributed by atoms with van der Waals surface area (Å²) in [7, 11) is 0. The Labute approximate surface area is 145 Å². The minimum atomic E-state index is 0.736. The predicted molar refractivity (Wildman–Crippen MR) is 103 cm³/mol. The summed E-state index contributed by atoms with van der Waals surface area (Å²) in [6.07, 6.45) is 0. The molecule has 25 heavy (non-hydrogen) atoms. The van der Waals surface area contributed by atoms with E-state index < -0.39 is 0 Å². The Bertz CT molecular complexity index is 1290. The van der Waals surface area contributed by atoms with Gasteiger partial charge in [-0.15, -0.1) is 0 Å². The van der Waals surface area contributed by atoms with Crippen molar-refractivity contribution in [3.8, 4) is 17.2 Å². The smallest absolute Gasteiger partial charge is 0.102 e. The summed E-state index contributed by atoms with van der Waals surface area (Å²) < 4.78 is 2.23. The first-order valence-corrected chi connectivity index (χ1v) is 8.29. The van der Waals surface area contributed by atoms with Crippen molar-refractivity contribution in [1.29, 1.82) is 5.26 Å². The van der Waals surface area contributed by atoms with Gasteiger partial charge in [-0.1, -0.05) is 66.7 Å². The molecule has 2 heteroatoms. The SMILES string of the molecule is N#Cc1c2ccccc2n2c1c(-c1ccccc1)cc1ccccc12. The average Bonchev–Trinajstić information content (AvgIpc) is 3.03. The number of aromatic nitrogens is 1. The van der Waals surface area contributed by atoms with E-state index in [1.54, 1.807) is 0 Å². The van der Waals surface area contributed by atoms with Crippen LogP contribution in [0.4, 0.5) is 0 Å². The fourth-order valence-electron chi connectivity index (χ4n) is 3.73. The molecule has 2 nitrogen and oxygen atoms in total. The van der Waals surface area contributed by atoms with Gasteiger partial charge in [-0.25, -0.2) is 0 Å². The quantitative estimate of drug-likeness (QED) is 0.385. The summed E-state index contributed by atoms with van der Waals surface area (Å²) in [6.45, 7) is 0. The standard InChI is InChI=1S/C23H14N2/c24-15-20-18-11-5-7-13-22(18)25-21-12-6-4-10-17(21)14-19(23(20)25)16-8-2-1-3-9-16/h1-14H. The molecule has 0 saturated carbocycles. The number of hydrogen-bond acceptors (Lipinski definition) is 1. The fourth-order valence-corrected chi connectivity index (χ4v) is 3.73. The van der Waals surface area contributed by atoms with Crippen molar-refractivity contribution in [3.05, 3.63) is 90.5 Å². The zero-order valence-corrected chi connectivity index (χ0v) is 13.5. The number of benzene rings is 3. The Hall–Kier alpha value is -3.57. The van der Waals surface area contributed by atoms with Crippen LogP contribution in [0.5, 0.6) is 0 Å². The van der Waals surface area contributed by atoms with Crippen molar-refractivity contribution in [2.24, 2.45) is 0 Å². The van der Waals surface area contributed by atoms with E-state index >= 15 is 0 Å². The third-order valence-corrected chi connectivity index (χ3v) is 4.80. The van der Waals surface area contributed by atoms with E-state index in [4.69, 9.17) is 0 Å². The summed E-state index contributed by atoms with van der Waals surface area (Å²) in [5, 5.41) is 12.1. The molecule has 2 aromatic heterocycles. The van der Waals surface area contributed by atoms with Crippen molar-refractivity contribution in [2.75, 3.05) is 0 Å². The van der Waals surface area contributed by atoms with Crippen LogP contribution >= 0.6 is 0 Å². The van der Waals surface area contributed by atoms with Gasteiger partial charge < -0.3 is 4.40 Å². The number of para-hydroxylation sites is 2. The fraction of sp³-hybridized carbons (Fsp3) is 0. The number of rotatable bonds is 1. The van der Waals surface area contributed by atoms with E-state index in [-0.39, 0.29) is 0 Å². The van der Waals surface area contributed by atoms with Crippen molar-refractivity contribution in [3.63, 3.8) is 0 Å². The van der Waals surface area contributed by atoms with E-state index in [1.165, 1.54) is 5.39 Å². The number of nitriles is 1. The van der Waals surface area contributed by atoms with Crippen molar-refractivity contribution >= 4 is 27.3 Å². The molecule has 5 aromatic rings. The third-order valence-electron chi connectivity index (χ3n) is 4.80. The highest BCUT2D eigenvalue weighted by Crippen LogP contribution is 2.37. The van der Waals surface area contributed by atoms with Crippen LogP contribution in [0.3, 0.4) is 0 Å². The van der Waals surface area contributed by atoms with Crippen LogP contribution in [-0.2, 0) is 0 Å². The minimum absolute atomic E-state index is 0.736. The van der Waals surface area contributed by atoms with Gasteiger partial charge >= 0.3 is 0 Å². The molecule has 0 spiro atoms. The van der Waals surface area contributed by atoms with Gasteiger partial charge in [-0.3, -0.25) is 0 Å². The number of nitrogens with zero attached hydrogens (tertiary/aromatic N) is 2. The molecule has 0 atom stereocenters. The van der Waals surface area contributed by atoms with Gasteiger partial charge in [-0.2, -0.15) is 5.26 Å². The molecule has 0 fully saturated rings. The van der Waals surface area contributed by atoms with Crippen molar-refractivity contribution < 1.29 is 0 Å². The minimum Gasteiger partial charge on any atom is -0.307 e. The van der Waals surface area contributed by atoms with Crippen LogP contribution in [0.25, 0.3) is 38.4 Å². The van der Waals surface area contributed by atoms with Crippen LogP contribution in [0.1, 0.15) is 5.56 Å². The maximum absolute atomic E-state index is 9.90. The molecule has 0 aliphatic rings. The molecule has 0 aliphatic heterocycles. The highest BCUT2D eigenvalue weighted by molar-refractivity contribution is 6.06. The van der Waals surface area contributed by atoms with Crippen molar-refractivity contribution in [1.82, 2.24) is 4.40 Å². The second kappa shape index (κ2) is 5.22. The molecule has 5 rings (SSSR count). The number of hydrogen-bond donors (Lipinski definition) is 0. The third kappa shape index (κ3) is 1.90. The first-order chi connectivity index (χ1) is 12.4. The lowest BCUT2D eigenvalue weighted by atomic mass is 10.0. The van der Waals surface area contributed by atoms with E-state index in [9.17, 15) is 5.26 Å². The molecular weight excluding hydrogens is 304 g/mol. The second-order valence-corrected chi connectivity index (χ2v) is 6.17. The molecule has 116 valence electrons. The van der Waals surface area contributed by atoms with Crippen LogP contribution < -0.4 is 0 Å². The van der Waals surface area contributed by atoms with E-state index in [2.05, 4.69) is 52.9 Å². The van der Waals surface area contributed by atoms with Gasteiger partial charge in [0.2, 0.25) is 0 Å². The molecular formula is C23H14N2. The monoisotopic (exact) mass is 318 g/mol. The van der Waals surface area contributed by atoms with Gasteiger partial charge in [0, 0.05) is 10.9 Å². The summed E-state index contributed by atoms with van der Waals surface area (Å²) in [6, 6.07) is 31.4. The van der Waals surface area contributed by atoms with E-state index in [1.807, 2.05) is 42.5 Å². The van der Waals surface area contributed by atoms with Gasteiger partial charge in [0.15, 0.2) is 0 Å². The summed E-state index contributed by atoms with van der Waals surface area (Å²) >= 11 is 0. The molecule has 0 saturated heterocycles. The van der Waals surface area contributed by atoms with Gasteiger partial charge in [-0.05, 0) is 29.1 Å². The lowest BCUT2D eigenvalue weighted by Gasteiger charge is -2.11.